The summed E-state index contributed by atoms with van der Waals surface area (Å²) >= 11 is 0. The van der Waals surface area contributed by atoms with Crippen LogP contribution < -0.4 is 21.1 Å². The molecule has 1 saturated carbocycles. The van der Waals surface area contributed by atoms with Gasteiger partial charge >= 0.3 is 0 Å². The number of fused-ring (bicyclic) bond motifs is 2. The van der Waals surface area contributed by atoms with Gasteiger partial charge in [-0.3, -0.25) is 25.0 Å². The van der Waals surface area contributed by atoms with Gasteiger partial charge in [0.15, 0.2) is 0 Å². The van der Waals surface area contributed by atoms with Crippen LogP contribution in [0.4, 0.5) is 5.69 Å². The Labute approximate surface area is 197 Å². The Morgan fingerprint density at radius 2 is 1.76 bits per heavy atom. The van der Waals surface area contributed by atoms with Gasteiger partial charge in [0.25, 0.3) is 11.5 Å². The van der Waals surface area contributed by atoms with Gasteiger partial charge in [-0.2, -0.15) is 0 Å². The van der Waals surface area contributed by atoms with E-state index in [1.54, 1.807) is 34.9 Å². The first kappa shape index (κ1) is 22.5. The summed E-state index contributed by atoms with van der Waals surface area (Å²) in [7, 11) is -3.52. The van der Waals surface area contributed by atoms with Crippen molar-refractivity contribution in [2.24, 2.45) is 0 Å². The van der Waals surface area contributed by atoms with Crippen molar-refractivity contribution < 1.29 is 13.2 Å². The molecule has 1 fully saturated rings. The first-order chi connectivity index (χ1) is 16.4. The summed E-state index contributed by atoms with van der Waals surface area (Å²) in [5, 5.41) is 0.505. The molecule has 2 aliphatic rings. The highest BCUT2D eigenvalue weighted by Gasteiger charge is 2.27. The van der Waals surface area contributed by atoms with Gasteiger partial charge in [-0.25, -0.2) is 18.1 Å². The molecule has 1 amide bonds. The highest BCUT2D eigenvalue weighted by atomic mass is 32.2. The van der Waals surface area contributed by atoms with Crippen molar-refractivity contribution >= 4 is 32.5 Å². The van der Waals surface area contributed by atoms with Crippen LogP contribution in [0.1, 0.15) is 54.7 Å². The monoisotopic (exact) mass is 481 g/mol. The number of hydrogen-bond donors (Lipinski definition) is 3. The highest BCUT2D eigenvalue weighted by Crippen LogP contribution is 2.23. The molecule has 5 rings (SSSR count). The summed E-state index contributed by atoms with van der Waals surface area (Å²) in [4.78, 5) is 30.5. The van der Waals surface area contributed by atoms with Crippen LogP contribution in [0.3, 0.4) is 0 Å². The van der Waals surface area contributed by atoms with Crippen molar-refractivity contribution in [1.82, 2.24) is 19.7 Å². The van der Waals surface area contributed by atoms with Crippen molar-refractivity contribution in [3.05, 3.63) is 64.2 Å². The molecule has 0 spiro atoms. The molecule has 2 heterocycles. The molecule has 0 saturated heterocycles. The first-order valence-electron chi connectivity index (χ1n) is 11.6. The van der Waals surface area contributed by atoms with E-state index in [9.17, 15) is 18.0 Å². The minimum atomic E-state index is -3.52. The van der Waals surface area contributed by atoms with Crippen molar-refractivity contribution in [2.75, 3.05) is 5.43 Å². The number of hydrogen-bond acceptors (Lipinski definition) is 6. The molecule has 3 N–H and O–H groups in total. The van der Waals surface area contributed by atoms with Gasteiger partial charge in [0.05, 0.1) is 21.5 Å². The lowest BCUT2D eigenvalue weighted by molar-refractivity contribution is 0.0962. The number of rotatable bonds is 6. The largest absolute Gasteiger partial charge is 0.298 e. The number of benzene rings is 2. The molecule has 178 valence electrons. The molecule has 0 radical (unpaired) electrons. The van der Waals surface area contributed by atoms with Gasteiger partial charge in [0, 0.05) is 24.6 Å². The average molecular weight is 482 g/mol. The number of aryl methyl sites for hydroxylation is 1. The molecule has 0 bridgehead atoms. The van der Waals surface area contributed by atoms with E-state index in [4.69, 9.17) is 4.98 Å². The third-order valence-corrected chi connectivity index (χ3v) is 7.75. The fourth-order valence-corrected chi connectivity index (χ4v) is 5.45. The third kappa shape index (κ3) is 4.83. The molecule has 3 aromatic rings. The summed E-state index contributed by atoms with van der Waals surface area (Å²) in [5.41, 5.74) is 6.78. The number of sulfonamides is 1. The molecule has 0 unspecified atom stereocenters. The second-order valence-electron chi connectivity index (χ2n) is 8.88. The minimum absolute atomic E-state index is 0.0364. The second-order valence-corrected chi connectivity index (χ2v) is 10.6. The van der Waals surface area contributed by atoms with E-state index >= 15 is 0 Å². The minimum Gasteiger partial charge on any atom is -0.298 e. The van der Waals surface area contributed by atoms with Crippen molar-refractivity contribution in [3.8, 4) is 0 Å². The van der Waals surface area contributed by atoms with E-state index in [1.165, 1.54) is 12.1 Å². The fraction of sp³-hybridized carbons (Fsp3) is 0.375. The zero-order valence-electron chi connectivity index (χ0n) is 18.7. The van der Waals surface area contributed by atoms with Gasteiger partial charge in [-0.05, 0) is 68.1 Å². The van der Waals surface area contributed by atoms with Crippen LogP contribution in [0.5, 0.6) is 0 Å². The number of anilines is 1. The van der Waals surface area contributed by atoms with Crippen LogP contribution in [-0.2, 0) is 23.0 Å². The molecule has 1 aliphatic carbocycles. The SMILES string of the molecule is O=C(NNc1ccc(S(=O)(=O)NC2CC2)cc1)c1ccc2c(=O)n3c(nc2c1)CCCCCC3. The topological polar surface area (TPSA) is 122 Å². The lowest BCUT2D eigenvalue weighted by atomic mass is 10.1. The zero-order valence-corrected chi connectivity index (χ0v) is 19.5. The molecular weight excluding hydrogens is 454 g/mol. The maximum absolute atomic E-state index is 13.0. The molecule has 1 aliphatic heterocycles. The van der Waals surface area contributed by atoms with Crippen molar-refractivity contribution in [3.63, 3.8) is 0 Å². The van der Waals surface area contributed by atoms with Crippen LogP contribution >= 0.6 is 0 Å². The van der Waals surface area contributed by atoms with Gasteiger partial charge in [-0.1, -0.05) is 12.8 Å². The summed E-state index contributed by atoms with van der Waals surface area (Å²) in [6.45, 7) is 0.681. The fourth-order valence-electron chi connectivity index (χ4n) is 4.14. The predicted octanol–water partition coefficient (Wildman–Crippen LogP) is 2.71. The maximum atomic E-state index is 13.0. The molecule has 0 atom stereocenters. The molecule has 34 heavy (non-hydrogen) atoms. The number of carbonyl (C=O) groups is 1. The number of hydrazine groups is 1. The van der Waals surface area contributed by atoms with E-state index in [2.05, 4.69) is 15.6 Å². The lowest BCUT2D eigenvalue weighted by Crippen LogP contribution is -2.30. The number of carbonyl (C=O) groups excluding carboxylic acids is 1. The van der Waals surface area contributed by atoms with Crippen LogP contribution in [0.2, 0.25) is 0 Å². The number of nitrogens with zero attached hydrogens (tertiary/aromatic N) is 2. The van der Waals surface area contributed by atoms with Crippen LogP contribution in [0.25, 0.3) is 10.9 Å². The molecular formula is C24H27N5O4S. The molecule has 9 nitrogen and oxygen atoms in total. The van der Waals surface area contributed by atoms with Gasteiger partial charge in [-0.15, -0.1) is 0 Å². The Balaban J connectivity index is 1.29. The number of amides is 1. The lowest BCUT2D eigenvalue weighted by Gasteiger charge is -2.16. The van der Waals surface area contributed by atoms with Crippen LogP contribution in [0, 0.1) is 0 Å². The Morgan fingerprint density at radius 1 is 1.00 bits per heavy atom. The number of nitrogens with one attached hydrogen (secondary N) is 3. The van der Waals surface area contributed by atoms with Crippen molar-refractivity contribution in [2.45, 2.75) is 62.4 Å². The zero-order chi connectivity index (χ0) is 23.7. The first-order valence-corrected chi connectivity index (χ1v) is 13.1. The Hall–Kier alpha value is -3.24. The maximum Gasteiger partial charge on any atom is 0.269 e. The van der Waals surface area contributed by atoms with E-state index in [1.807, 2.05) is 0 Å². The molecule has 2 aromatic carbocycles. The van der Waals surface area contributed by atoms with E-state index in [0.717, 1.165) is 50.8 Å². The average Bonchev–Trinajstić information content (AvgIpc) is 3.62. The Bertz CT molecular complexity index is 1400. The number of aromatic nitrogens is 2. The van der Waals surface area contributed by atoms with Gasteiger partial charge in [0.1, 0.15) is 5.82 Å². The van der Waals surface area contributed by atoms with Gasteiger partial charge in [0.2, 0.25) is 10.0 Å². The summed E-state index contributed by atoms with van der Waals surface area (Å²) in [6, 6.07) is 11.1. The second kappa shape index (κ2) is 9.19. The van der Waals surface area contributed by atoms with E-state index < -0.39 is 10.0 Å². The molecule has 1 aromatic heterocycles. The van der Waals surface area contributed by atoms with E-state index in [0.29, 0.717) is 28.7 Å². The third-order valence-electron chi connectivity index (χ3n) is 6.21. The Kier molecular flexibility index (Phi) is 6.09. The smallest absolute Gasteiger partial charge is 0.269 e. The van der Waals surface area contributed by atoms with Crippen LogP contribution in [-0.4, -0.2) is 29.9 Å². The predicted molar refractivity (Wildman–Crippen MR) is 129 cm³/mol. The standard InChI is InChI=1S/C24H27N5O4S/c30-23(27-26-17-9-11-19(12-10-17)34(32,33)28-18-7-8-18)16-6-13-20-21(15-16)25-22-5-3-1-2-4-14-29(22)24(20)31/h6,9-13,15,18,26,28H,1-5,7-8,14H2,(H,27,30). The van der Waals surface area contributed by atoms with E-state index in [-0.39, 0.29) is 22.4 Å². The van der Waals surface area contributed by atoms with Crippen molar-refractivity contribution in [1.29, 1.82) is 0 Å². The quantitative estimate of drug-likeness (QED) is 0.466. The summed E-state index contributed by atoms with van der Waals surface area (Å²) in [6.07, 6.45) is 6.71. The summed E-state index contributed by atoms with van der Waals surface area (Å²) in [5.74, 6) is 0.391. The normalized spacial score (nSPS) is 16.4. The Morgan fingerprint density at radius 3 is 2.53 bits per heavy atom. The van der Waals surface area contributed by atoms with Gasteiger partial charge < -0.3 is 0 Å². The molecule has 10 heteroatoms. The highest BCUT2D eigenvalue weighted by molar-refractivity contribution is 7.89. The summed E-state index contributed by atoms with van der Waals surface area (Å²) < 4.78 is 28.9. The van der Waals surface area contributed by atoms with Crippen LogP contribution in [0.15, 0.2) is 52.2 Å².